The molecule has 0 heterocycles. The summed E-state index contributed by atoms with van der Waals surface area (Å²) >= 11 is 1.34. The molecule has 0 aromatic heterocycles. The lowest BCUT2D eigenvalue weighted by Crippen LogP contribution is -2.19. The van der Waals surface area contributed by atoms with Crippen LogP contribution in [0.2, 0.25) is 0 Å². The molecule has 0 saturated carbocycles. The number of sulfonamides is 1. The standard InChI is InChI=1S/C27H32N2O4S2/c1-17(2)20-12-25(18(3)4)27(26(13-20)19(5)6)35(32,33)28-21-14-22(29(30)31)16-24(15-21)34-23-10-8-7-9-11-23/h7-19,28H,1-6H3. The molecule has 0 aliphatic rings. The minimum atomic E-state index is -4.02. The highest BCUT2D eigenvalue weighted by atomic mass is 32.2. The van der Waals surface area contributed by atoms with E-state index in [-0.39, 0.29) is 34.0 Å². The van der Waals surface area contributed by atoms with Crippen LogP contribution in [0.25, 0.3) is 0 Å². The van der Waals surface area contributed by atoms with Crippen LogP contribution < -0.4 is 4.72 Å². The highest BCUT2D eigenvalue weighted by Crippen LogP contribution is 2.38. The molecule has 0 aliphatic carbocycles. The first kappa shape index (κ1) is 26.8. The second-order valence-corrected chi connectivity index (χ2v) is 12.3. The third-order valence-corrected chi connectivity index (χ3v) is 8.17. The fourth-order valence-electron chi connectivity index (χ4n) is 3.84. The van der Waals surface area contributed by atoms with Crippen LogP contribution in [0.1, 0.15) is 76.0 Å². The van der Waals surface area contributed by atoms with E-state index in [9.17, 15) is 18.5 Å². The van der Waals surface area contributed by atoms with Crippen LogP contribution in [0.3, 0.4) is 0 Å². The Labute approximate surface area is 212 Å². The molecular formula is C27H32N2O4S2. The molecule has 3 aromatic rings. The molecule has 0 saturated heterocycles. The number of nitrogens with zero attached hydrogens (tertiary/aromatic N) is 1. The minimum absolute atomic E-state index is 0.0212. The summed E-state index contributed by atoms with van der Waals surface area (Å²) < 4.78 is 30.2. The molecule has 3 rings (SSSR count). The lowest BCUT2D eigenvalue weighted by Gasteiger charge is -2.23. The number of nitrogens with one attached hydrogen (secondary N) is 1. The van der Waals surface area contributed by atoms with E-state index in [4.69, 9.17) is 0 Å². The third-order valence-electron chi connectivity index (χ3n) is 5.68. The molecule has 186 valence electrons. The van der Waals surface area contributed by atoms with Gasteiger partial charge in [-0.25, -0.2) is 8.42 Å². The van der Waals surface area contributed by atoms with Gasteiger partial charge in [0.25, 0.3) is 15.7 Å². The molecule has 0 amide bonds. The van der Waals surface area contributed by atoms with Crippen LogP contribution >= 0.6 is 11.8 Å². The van der Waals surface area contributed by atoms with Gasteiger partial charge in [-0.15, -0.1) is 0 Å². The SMILES string of the molecule is CC(C)c1cc(C(C)C)c(S(=O)(=O)Nc2cc(Sc3ccccc3)cc([N+](=O)[O-])c2)c(C(C)C)c1. The Morgan fingerprint density at radius 1 is 0.800 bits per heavy atom. The zero-order chi connectivity index (χ0) is 25.9. The molecule has 6 nitrogen and oxygen atoms in total. The van der Waals surface area contributed by atoms with E-state index < -0.39 is 14.9 Å². The highest BCUT2D eigenvalue weighted by Gasteiger charge is 2.27. The van der Waals surface area contributed by atoms with Gasteiger partial charge in [0, 0.05) is 21.9 Å². The Balaban J connectivity index is 2.12. The lowest BCUT2D eigenvalue weighted by molar-refractivity contribution is -0.385. The first-order valence-electron chi connectivity index (χ1n) is 11.6. The molecule has 35 heavy (non-hydrogen) atoms. The number of anilines is 1. The van der Waals surface area contributed by atoms with Gasteiger partial charge in [0.15, 0.2) is 0 Å². The number of nitro groups is 1. The molecule has 8 heteroatoms. The van der Waals surface area contributed by atoms with E-state index in [1.54, 1.807) is 6.07 Å². The zero-order valence-corrected chi connectivity index (χ0v) is 22.5. The van der Waals surface area contributed by atoms with E-state index >= 15 is 0 Å². The van der Waals surface area contributed by atoms with Crippen molar-refractivity contribution >= 4 is 33.2 Å². The van der Waals surface area contributed by atoms with Crippen molar-refractivity contribution in [1.29, 1.82) is 0 Å². The first-order chi connectivity index (χ1) is 16.4. The lowest BCUT2D eigenvalue weighted by atomic mass is 9.89. The van der Waals surface area contributed by atoms with Gasteiger partial charge in [0.05, 0.1) is 15.5 Å². The van der Waals surface area contributed by atoms with Crippen LogP contribution in [0.4, 0.5) is 11.4 Å². The maximum atomic E-state index is 13.8. The quantitative estimate of drug-likeness (QED) is 0.232. The second-order valence-electron chi connectivity index (χ2n) is 9.49. The van der Waals surface area contributed by atoms with Gasteiger partial charge in [-0.2, -0.15) is 0 Å². The summed E-state index contributed by atoms with van der Waals surface area (Å²) in [7, 11) is -4.02. The van der Waals surface area contributed by atoms with E-state index in [0.717, 1.165) is 21.6 Å². The Morgan fingerprint density at radius 2 is 1.37 bits per heavy atom. The number of non-ortho nitro benzene ring substituents is 1. The molecule has 0 atom stereocenters. The number of nitro benzene ring substituents is 1. The first-order valence-corrected chi connectivity index (χ1v) is 13.9. The third kappa shape index (κ3) is 6.44. The molecular weight excluding hydrogens is 480 g/mol. The maximum absolute atomic E-state index is 13.8. The number of hydrogen-bond donors (Lipinski definition) is 1. The van der Waals surface area contributed by atoms with Crippen LogP contribution in [0.15, 0.2) is 75.4 Å². The van der Waals surface area contributed by atoms with Crippen molar-refractivity contribution < 1.29 is 13.3 Å². The summed E-state index contributed by atoms with van der Waals surface area (Å²) in [5.41, 5.74) is 2.57. The summed E-state index contributed by atoms with van der Waals surface area (Å²) in [6, 6.07) is 17.7. The fourth-order valence-corrected chi connectivity index (χ4v) is 6.51. The molecule has 0 fully saturated rings. The van der Waals surface area contributed by atoms with Gasteiger partial charge in [-0.3, -0.25) is 14.8 Å². The van der Waals surface area contributed by atoms with E-state index in [1.807, 2.05) is 70.2 Å². The van der Waals surface area contributed by atoms with E-state index in [0.29, 0.717) is 4.90 Å². The molecule has 3 aromatic carbocycles. The van der Waals surface area contributed by atoms with Crippen molar-refractivity contribution in [3.63, 3.8) is 0 Å². The van der Waals surface area contributed by atoms with Crippen molar-refractivity contribution in [1.82, 2.24) is 0 Å². The molecule has 0 radical (unpaired) electrons. The van der Waals surface area contributed by atoms with Crippen molar-refractivity contribution in [2.45, 2.75) is 74.0 Å². The molecule has 0 unspecified atom stereocenters. The van der Waals surface area contributed by atoms with Gasteiger partial charge in [-0.1, -0.05) is 83.6 Å². The average Bonchev–Trinajstić information content (AvgIpc) is 2.78. The Bertz CT molecular complexity index is 1290. The summed E-state index contributed by atoms with van der Waals surface area (Å²) in [5.74, 6) is 0.211. The topological polar surface area (TPSA) is 89.3 Å². The van der Waals surface area contributed by atoms with Gasteiger partial charge < -0.3 is 0 Å². The monoisotopic (exact) mass is 512 g/mol. The largest absolute Gasteiger partial charge is 0.279 e. The number of benzene rings is 3. The van der Waals surface area contributed by atoms with Crippen LogP contribution in [0.5, 0.6) is 0 Å². The summed E-state index contributed by atoms with van der Waals surface area (Å²) in [4.78, 5) is 12.8. The Hall–Kier alpha value is -2.84. The predicted molar refractivity (Wildman–Crippen MR) is 143 cm³/mol. The summed E-state index contributed by atoms with van der Waals surface area (Å²) in [5, 5.41) is 11.6. The van der Waals surface area contributed by atoms with Crippen LogP contribution in [0, 0.1) is 10.1 Å². The molecule has 0 bridgehead atoms. The van der Waals surface area contributed by atoms with Crippen LogP contribution in [-0.4, -0.2) is 13.3 Å². The normalized spacial score (nSPS) is 11.9. The van der Waals surface area contributed by atoms with Gasteiger partial charge in [-0.05, 0) is 52.6 Å². The predicted octanol–water partition coefficient (Wildman–Crippen LogP) is 7.92. The highest BCUT2D eigenvalue weighted by molar-refractivity contribution is 7.99. The van der Waals surface area contributed by atoms with Gasteiger partial charge >= 0.3 is 0 Å². The van der Waals surface area contributed by atoms with Crippen LogP contribution in [-0.2, 0) is 10.0 Å². The number of rotatable bonds is 9. The number of hydrogen-bond acceptors (Lipinski definition) is 5. The smallest absolute Gasteiger partial charge is 0.272 e. The van der Waals surface area contributed by atoms with E-state index in [2.05, 4.69) is 18.6 Å². The Morgan fingerprint density at radius 3 is 1.86 bits per heavy atom. The fraction of sp³-hybridized carbons (Fsp3) is 0.333. The van der Waals surface area contributed by atoms with Crippen molar-refractivity contribution in [3.05, 3.63) is 87.5 Å². The average molecular weight is 513 g/mol. The summed E-state index contributed by atoms with van der Waals surface area (Å²) in [6.45, 7) is 12.1. The van der Waals surface area contributed by atoms with Crippen molar-refractivity contribution in [2.24, 2.45) is 0 Å². The molecule has 0 aliphatic heterocycles. The molecule has 1 N–H and O–H groups in total. The Kier molecular flexibility index (Phi) is 8.28. The summed E-state index contributed by atoms with van der Waals surface area (Å²) in [6.07, 6.45) is 0. The maximum Gasteiger partial charge on any atom is 0.272 e. The van der Waals surface area contributed by atoms with Gasteiger partial charge in [0.2, 0.25) is 0 Å². The molecule has 0 spiro atoms. The van der Waals surface area contributed by atoms with Gasteiger partial charge in [0.1, 0.15) is 0 Å². The van der Waals surface area contributed by atoms with Crippen molar-refractivity contribution in [2.75, 3.05) is 4.72 Å². The van der Waals surface area contributed by atoms with E-state index in [1.165, 1.54) is 23.9 Å². The second kappa shape index (κ2) is 10.8. The van der Waals surface area contributed by atoms with Crippen molar-refractivity contribution in [3.8, 4) is 0 Å². The zero-order valence-electron chi connectivity index (χ0n) is 20.9. The minimum Gasteiger partial charge on any atom is -0.279 e.